The third-order valence-electron chi connectivity index (χ3n) is 4.03. The standard InChI is InChI=1S/C14H24N4O2/c1-16(9-11-5-4-6-15-8-11)10-12-7-13(19)18(3)14(20)17(12)2/h7,11,15H,4-6,8-10H2,1-3H3. The molecule has 1 fully saturated rings. The molecule has 1 unspecified atom stereocenters. The average molecular weight is 280 g/mol. The van der Waals surface area contributed by atoms with Crippen molar-refractivity contribution in [3.63, 3.8) is 0 Å². The Hall–Kier alpha value is -1.40. The molecule has 1 aromatic heterocycles. The molecule has 1 aliphatic heterocycles. The summed E-state index contributed by atoms with van der Waals surface area (Å²) in [6.07, 6.45) is 2.47. The van der Waals surface area contributed by atoms with E-state index >= 15 is 0 Å². The molecule has 6 heteroatoms. The fourth-order valence-corrected chi connectivity index (χ4v) is 2.79. The second-order valence-electron chi connectivity index (χ2n) is 5.78. The van der Waals surface area contributed by atoms with E-state index in [-0.39, 0.29) is 11.2 Å². The summed E-state index contributed by atoms with van der Waals surface area (Å²) in [6.45, 7) is 3.78. The first-order valence-electron chi connectivity index (χ1n) is 7.14. The zero-order valence-corrected chi connectivity index (χ0v) is 12.6. The molecule has 0 aromatic carbocycles. The monoisotopic (exact) mass is 280 g/mol. The summed E-state index contributed by atoms with van der Waals surface area (Å²) >= 11 is 0. The minimum Gasteiger partial charge on any atom is -0.316 e. The molecule has 0 amide bonds. The van der Waals surface area contributed by atoms with Gasteiger partial charge in [0.25, 0.3) is 5.56 Å². The first-order valence-corrected chi connectivity index (χ1v) is 7.14. The van der Waals surface area contributed by atoms with E-state index in [0.717, 1.165) is 29.9 Å². The predicted molar refractivity (Wildman–Crippen MR) is 78.9 cm³/mol. The highest BCUT2D eigenvalue weighted by molar-refractivity contribution is 5.02. The summed E-state index contributed by atoms with van der Waals surface area (Å²) in [6, 6.07) is 1.55. The molecular formula is C14H24N4O2. The number of hydrogen-bond acceptors (Lipinski definition) is 4. The van der Waals surface area contributed by atoms with Gasteiger partial charge in [0.1, 0.15) is 0 Å². The van der Waals surface area contributed by atoms with E-state index in [4.69, 9.17) is 0 Å². The van der Waals surface area contributed by atoms with Crippen LogP contribution in [0.4, 0.5) is 0 Å². The molecule has 112 valence electrons. The maximum absolute atomic E-state index is 11.9. The van der Waals surface area contributed by atoms with Crippen molar-refractivity contribution in [3.05, 3.63) is 32.6 Å². The van der Waals surface area contributed by atoms with Crippen LogP contribution >= 0.6 is 0 Å². The highest BCUT2D eigenvalue weighted by Crippen LogP contribution is 2.12. The molecule has 0 saturated carbocycles. The summed E-state index contributed by atoms with van der Waals surface area (Å²) in [7, 11) is 5.26. The Morgan fingerprint density at radius 3 is 2.75 bits per heavy atom. The number of piperidine rings is 1. The first-order chi connectivity index (χ1) is 9.49. The fraction of sp³-hybridized carbons (Fsp3) is 0.714. The van der Waals surface area contributed by atoms with Gasteiger partial charge in [0.2, 0.25) is 0 Å². The minimum atomic E-state index is -0.264. The van der Waals surface area contributed by atoms with E-state index in [1.54, 1.807) is 17.7 Å². The van der Waals surface area contributed by atoms with Crippen LogP contribution in [0.5, 0.6) is 0 Å². The van der Waals surface area contributed by atoms with Crippen molar-refractivity contribution in [2.24, 2.45) is 20.0 Å². The van der Waals surface area contributed by atoms with Gasteiger partial charge >= 0.3 is 5.69 Å². The lowest BCUT2D eigenvalue weighted by Crippen LogP contribution is -2.40. The van der Waals surface area contributed by atoms with Crippen molar-refractivity contribution in [2.75, 3.05) is 26.7 Å². The average Bonchev–Trinajstić information content (AvgIpc) is 2.43. The van der Waals surface area contributed by atoms with Gasteiger partial charge in [-0.3, -0.25) is 13.9 Å². The van der Waals surface area contributed by atoms with Crippen LogP contribution in [-0.2, 0) is 20.6 Å². The Bertz CT molecular complexity index is 570. The van der Waals surface area contributed by atoms with E-state index in [9.17, 15) is 9.59 Å². The number of rotatable bonds is 4. The lowest BCUT2D eigenvalue weighted by Gasteiger charge is -2.28. The van der Waals surface area contributed by atoms with Gasteiger partial charge in [-0.2, -0.15) is 0 Å². The van der Waals surface area contributed by atoms with Crippen LogP contribution < -0.4 is 16.6 Å². The molecule has 0 spiro atoms. The van der Waals surface area contributed by atoms with Crippen LogP contribution in [0, 0.1) is 5.92 Å². The molecule has 1 aromatic rings. The summed E-state index contributed by atoms with van der Waals surface area (Å²) < 4.78 is 2.69. The minimum absolute atomic E-state index is 0.240. The molecule has 1 aliphatic rings. The molecule has 0 radical (unpaired) electrons. The van der Waals surface area contributed by atoms with Gasteiger partial charge in [0.15, 0.2) is 0 Å². The van der Waals surface area contributed by atoms with Gasteiger partial charge in [-0.25, -0.2) is 4.79 Å². The molecule has 6 nitrogen and oxygen atoms in total. The molecule has 2 rings (SSSR count). The number of nitrogens with zero attached hydrogens (tertiary/aromatic N) is 3. The lowest BCUT2D eigenvalue weighted by molar-refractivity contribution is 0.233. The number of hydrogen-bond donors (Lipinski definition) is 1. The Balaban J connectivity index is 2.06. The van der Waals surface area contributed by atoms with E-state index in [0.29, 0.717) is 12.5 Å². The molecule has 2 heterocycles. The van der Waals surface area contributed by atoms with Crippen LogP contribution in [0.25, 0.3) is 0 Å². The normalized spacial score (nSPS) is 19.5. The SMILES string of the molecule is CN(Cc1cc(=O)n(C)c(=O)n1C)CC1CCCNC1. The van der Waals surface area contributed by atoms with Crippen molar-refractivity contribution < 1.29 is 0 Å². The zero-order chi connectivity index (χ0) is 14.7. The van der Waals surface area contributed by atoms with Crippen molar-refractivity contribution in [3.8, 4) is 0 Å². The van der Waals surface area contributed by atoms with Crippen molar-refractivity contribution in [1.29, 1.82) is 0 Å². The fourth-order valence-electron chi connectivity index (χ4n) is 2.79. The smallest absolute Gasteiger partial charge is 0.316 e. The Morgan fingerprint density at radius 2 is 2.10 bits per heavy atom. The van der Waals surface area contributed by atoms with Crippen LogP contribution in [0.2, 0.25) is 0 Å². The quantitative estimate of drug-likeness (QED) is 0.809. The van der Waals surface area contributed by atoms with Crippen LogP contribution in [0.1, 0.15) is 18.5 Å². The van der Waals surface area contributed by atoms with Gasteiger partial charge in [0, 0.05) is 38.9 Å². The molecule has 1 N–H and O–H groups in total. The number of nitrogens with one attached hydrogen (secondary N) is 1. The van der Waals surface area contributed by atoms with Gasteiger partial charge in [0.05, 0.1) is 0 Å². The summed E-state index contributed by atoms with van der Waals surface area (Å²) in [5, 5.41) is 3.41. The van der Waals surface area contributed by atoms with Crippen LogP contribution in [0.15, 0.2) is 15.7 Å². The number of aromatic nitrogens is 2. The van der Waals surface area contributed by atoms with Crippen molar-refractivity contribution in [2.45, 2.75) is 19.4 Å². The summed E-state index contributed by atoms with van der Waals surface area (Å²) in [4.78, 5) is 25.8. The lowest BCUT2D eigenvalue weighted by atomic mass is 9.99. The molecule has 20 heavy (non-hydrogen) atoms. The second kappa shape index (κ2) is 6.37. The first kappa shape index (κ1) is 15.0. The third kappa shape index (κ3) is 3.37. The molecule has 1 atom stereocenters. The second-order valence-corrected chi connectivity index (χ2v) is 5.78. The van der Waals surface area contributed by atoms with Gasteiger partial charge in [-0.1, -0.05) is 0 Å². The highest BCUT2D eigenvalue weighted by Gasteiger charge is 2.16. The van der Waals surface area contributed by atoms with E-state index in [2.05, 4.69) is 10.2 Å². The maximum atomic E-state index is 11.9. The predicted octanol–water partition coefficient (Wildman–Crippen LogP) is -0.485. The Kier molecular flexibility index (Phi) is 4.77. The largest absolute Gasteiger partial charge is 0.330 e. The highest BCUT2D eigenvalue weighted by atomic mass is 16.2. The Labute approximate surface area is 119 Å². The van der Waals surface area contributed by atoms with Crippen molar-refractivity contribution in [1.82, 2.24) is 19.4 Å². The third-order valence-corrected chi connectivity index (χ3v) is 4.03. The van der Waals surface area contributed by atoms with E-state index in [1.807, 2.05) is 7.05 Å². The van der Waals surface area contributed by atoms with E-state index in [1.165, 1.54) is 19.9 Å². The van der Waals surface area contributed by atoms with Crippen LogP contribution in [0.3, 0.4) is 0 Å². The molecule has 1 saturated heterocycles. The van der Waals surface area contributed by atoms with Crippen molar-refractivity contribution >= 4 is 0 Å². The topological polar surface area (TPSA) is 59.3 Å². The Morgan fingerprint density at radius 1 is 1.35 bits per heavy atom. The molecule has 0 aliphatic carbocycles. The summed E-state index contributed by atoms with van der Waals surface area (Å²) in [5.74, 6) is 0.650. The molecule has 0 bridgehead atoms. The van der Waals surface area contributed by atoms with Gasteiger partial charge < -0.3 is 10.2 Å². The zero-order valence-electron chi connectivity index (χ0n) is 12.6. The van der Waals surface area contributed by atoms with E-state index < -0.39 is 0 Å². The summed E-state index contributed by atoms with van der Waals surface area (Å²) in [5.41, 5.74) is 0.264. The molecular weight excluding hydrogens is 256 g/mol. The van der Waals surface area contributed by atoms with Gasteiger partial charge in [-0.05, 0) is 38.9 Å². The van der Waals surface area contributed by atoms with Crippen LogP contribution in [-0.4, -0.2) is 40.7 Å². The van der Waals surface area contributed by atoms with Gasteiger partial charge in [-0.15, -0.1) is 0 Å². The maximum Gasteiger partial charge on any atom is 0.330 e.